The summed E-state index contributed by atoms with van der Waals surface area (Å²) in [5.74, 6) is -0.396. The number of nitrogens with one attached hydrogen (secondary N) is 2. The summed E-state index contributed by atoms with van der Waals surface area (Å²) >= 11 is 0. The molecule has 0 aliphatic heterocycles. The van der Waals surface area contributed by atoms with E-state index in [9.17, 15) is 8.42 Å². The maximum Gasteiger partial charge on any atom is 0.203 e. The number of benzene rings is 3. The molecule has 0 spiro atoms. The van der Waals surface area contributed by atoms with Crippen LogP contribution in [0.15, 0.2) is 77.7 Å². The van der Waals surface area contributed by atoms with Gasteiger partial charge in [-0.15, -0.1) is 0 Å². The molecule has 0 amide bonds. The second-order valence-electron chi connectivity index (χ2n) is 5.36. The molecule has 0 fully saturated rings. The lowest BCUT2D eigenvalue weighted by Crippen LogP contribution is -2.38. The minimum Gasteiger partial charge on any atom is -0.370 e. The molecule has 6 heteroatoms. The van der Waals surface area contributed by atoms with Gasteiger partial charge in [-0.2, -0.15) is 0 Å². The molecule has 1 unspecified atom stereocenters. The second-order valence-corrected chi connectivity index (χ2v) is 7.40. The van der Waals surface area contributed by atoms with Crippen LogP contribution in [0.2, 0.25) is 0 Å². The van der Waals surface area contributed by atoms with Crippen molar-refractivity contribution in [1.82, 2.24) is 5.32 Å². The van der Waals surface area contributed by atoms with Gasteiger partial charge >= 0.3 is 0 Å². The van der Waals surface area contributed by atoms with E-state index in [2.05, 4.69) is 5.32 Å². The zero-order chi connectivity index (χ0) is 17.2. The third-order valence-electron chi connectivity index (χ3n) is 3.77. The predicted octanol–water partition coefficient (Wildman–Crippen LogP) is 2.80. The Morgan fingerprint density at radius 1 is 0.917 bits per heavy atom. The normalized spacial score (nSPS) is 12.7. The van der Waals surface area contributed by atoms with Gasteiger partial charge in [-0.1, -0.05) is 60.7 Å². The highest BCUT2D eigenvalue weighted by Gasteiger charge is 2.30. The molecule has 3 rings (SSSR count). The molecule has 3 aromatic carbocycles. The Morgan fingerprint density at radius 3 is 2.25 bits per heavy atom. The molecule has 4 N–H and O–H groups in total. The molecular formula is C18H17N3O2S. The lowest BCUT2D eigenvalue weighted by Gasteiger charge is -2.21. The molecule has 0 bridgehead atoms. The van der Waals surface area contributed by atoms with E-state index in [1.165, 1.54) is 12.1 Å². The molecule has 1 atom stereocenters. The van der Waals surface area contributed by atoms with Crippen LogP contribution in [0, 0.1) is 5.41 Å². The molecule has 0 saturated carbocycles. The van der Waals surface area contributed by atoms with Gasteiger partial charge in [0.2, 0.25) is 9.84 Å². The van der Waals surface area contributed by atoms with Crippen molar-refractivity contribution in [2.75, 3.05) is 0 Å². The molecule has 24 heavy (non-hydrogen) atoms. The van der Waals surface area contributed by atoms with Crippen LogP contribution in [0.3, 0.4) is 0 Å². The zero-order valence-electron chi connectivity index (χ0n) is 12.8. The summed E-state index contributed by atoms with van der Waals surface area (Å²) in [5.41, 5.74) is 6.02. The van der Waals surface area contributed by atoms with Crippen LogP contribution < -0.4 is 11.1 Å². The molecule has 0 saturated heterocycles. The topological polar surface area (TPSA) is 96.0 Å². The van der Waals surface area contributed by atoms with Crippen LogP contribution in [0.4, 0.5) is 0 Å². The van der Waals surface area contributed by atoms with E-state index >= 15 is 0 Å². The van der Waals surface area contributed by atoms with Gasteiger partial charge in [-0.3, -0.25) is 5.41 Å². The standard InChI is InChI=1S/C18H17N3O2S/c19-18(20)21-17(24(22,23)14-9-2-1-3-10-14)16-12-6-8-13-7-4-5-11-15(13)16/h1-12,17H,(H4,19,20,21). The summed E-state index contributed by atoms with van der Waals surface area (Å²) < 4.78 is 26.2. The van der Waals surface area contributed by atoms with E-state index in [0.717, 1.165) is 10.8 Å². The summed E-state index contributed by atoms with van der Waals surface area (Å²) in [6.07, 6.45) is 0. The Hall–Kier alpha value is -2.86. The van der Waals surface area contributed by atoms with Crippen LogP contribution in [0.1, 0.15) is 10.9 Å². The van der Waals surface area contributed by atoms with E-state index in [1.807, 2.05) is 30.3 Å². The Kier molecular flexibility index (Phi) is 4.22. The Bertz CT molecular complexity index is 980. The number of rotatable bonds is 4. The van der Waals surface area contributed by atoms with Gasteiger partial charge in [0.05, 0.1) is 4.90 Å². The van der Waals surface area contributed by atoms with Crippen molar-refractivity contribution in [3.63, 3.8) is 0 Å². The van der Waals surface area contributed by atoms with E-state index in [0.29, 0.717) is 5.56 Å². The van der Waals surface area contributed by atoms with Crippen molar-refractivity contribution < 1.29 is 8.42 Å². The van der Waals surface area contributed by atoms with Crippen LogP contribution >= 0.6 is 0 Å². The first-order valence-electron chi connectivity index (χ1n) is 7.37. The molecule has 5 nitrogen and oxygen atoms in total. The highest BCUT2D eigenvalue weighted by molar-refractivity contribution is 7.91. The fourth-order valence-electron chi connectivity index (χ4n) is 2.69. The van der Waals surface area contributed by atoms with Gasteiger partial charge in [0.1, 0.15) is 0 Å². The van der Waals surface area contributed by atoms with Crippen molar-refractivity contribution in [3.05, 3.63) is 78.4 Å². The molecule has 0 aliphatic rings. The maximum atomic E-state index is 13.1. The molecule has 0 heterocycles. The molecule has 3 aromatic rings. The fraction of sp³-hybridized carbons (Fsp3) is 0.0556. The summed E-state index contributed by atoms with van der Waals surface area (Å²) in [7, 11) is -3.77. The lowest BCUT2D eigenvalue weighted by molar-refractivity contribution is 0.577. The quantitative estimate of drug-likeness (QED) is 0.503. The molecule has 0 radical (unpaired) electrons. The first-order chi connectivity index (χ1) is 11.5. The minimum absolute atomic E-state index is 0.177. The van der Waals surface area contributed by atoms with Gasteiger partial charge in [0, 0.05) is 0 Å². The van der Waals surface area contributed by atoms with Gasteiger partial charge in [-0.05, 0) is 28.5 Å². The van der Waals surface area contributed by atoms with Crippen molar-refractivity contribution >= 4 is 26.6 Å². The zero-order valence-corrected chi connectivity index (χ0v) is 13.6. The Labute approximate surface area is 140 Å². The van der Waals surface area contributed by atoms with E-state index in [1.54, 1.807) is 30.3 Å². The Morgan fingerprint density at radius 2 is 1.54 bits per heavy atom. The van der Waals surface area contributed by atoms with Crippen molar-refractivity contribution in [3.8, 4) is 0 Å². The Balaban J connectivity index is 2.22. The molecule has 122 valence electrons. The number of sulfone groups is 1. The fourth-order valence-corrected chi connectivity index (χ4v) is 4.32. The SMILES string of the molecule is N=C(N)NC(c1cccc2ccccc12)S(=O)(=O)c1ccccc1. The maximum absolute atomic E-state index is 13.1. The van der Waals surface area contributed by atoms with Crippen molar-refractivity contribution in [1.29, 1.82) is 5.41 Å². The molecular weight excluding hydrogens is 322 g/mol. The van der Waals surface area contributed by atoms with Gasteiger partial charge in [0.15, 0.2) is 11.3 Å². The van der Waals surface area contributed by atoms with Crippen LogP contribution in [-0.2, 0) is 9.84 Å². The summed E-state index contributed by atoms with van der Waals surface area (Å²) in [4.78, 5) is 0.177. The lowest BCUT2D eigenvalue weighted by atomic mass is 10.0. The summed E-state index contributed by atoms with van der Waals surface area (Å²) in [6, 6.07) is 21.1. The first kappa shape index (κ1) is 16.0. The number of guanidine groups is 1. The average molecular weight is 339 g/mol. The monoisotopic (exact) mass is 339 g/mol. The van der Waals surface area contributed by atoms with Crippen molar-refractivity contribution in [2.45, 2.75) is 10.3 Å². The summed E-state index contributed by atoms with van der Waals surface area (Å²) in [5, 5.41) is 10.7. The van der Waals surface area contributed by atoms with E-state index in [4.69, 9.17) is 11.1 Å². The predicted molar refractivity (Wildman–Crippen MR) is 95.4 cm³/mol. The average Bonchev–Trinajstić information content (AvgIpc) is 2.60. The number of nitrogens with two attached hydrogens (primary N) is 1. The van der Waals surface area contributed by atoms with E-state index < -0.39 is 21.2 Å². The minimum atomic E-state index is -3.77. The third-order valence-corrected chi connectivity index (χ3v) is 5.70. The number of fused-ring (bicyclic) bond motifs is 1. The third kappa shape index (κ3) is 2.96. The highest BCUT2D eigenvalue weighted by Crippen LogP contribution is 2.31. The van der Waals surface area contributed by atoms with Crippen LogP contribution in [-0.4, -0.2) is 14.4 Å². The van der Waals surface area contributed by atoms with Crippen LogP contribution in [0.25, 0.3) is 10.8 Å². The molecule has 0 aromatic heterocycles. The molecule has 0 aliphatic carbocycles. The second kappa shape index (κ2) is 6.33. The van der Waals surface area contributed by atoms with Crippen molar-refractivity contribution in [2.24, 2.45) is 5.73 Å². The van der Waals surface area contributed by atoms with Gasteiger partial charge in [0.25, 0.3) is 0 Å². The summed E-state index contributed by atoms with van der Waals surface area (Å²) in [6.45, 7) is 0. The number of hydrogen-bond acceptors (Lipinski definition) is 3. The first-order valence-corrected chi connectivity index (χ1v) is 8.92. The number of hydrogen-bond donors (Lipinski definition) is 3. The highest BCUT2D eigenvalue weighted by atomic mass is 32.2. The van der Waals surface area contributed by atoms with Gasteiger partial charge < -0.3 is 11.1 Å². The smallest absolute Gasteiger partial charge is 0.203 e. The van der Waals surface area contributed by atoms with E-state index in [-0.39, 0.29) is 4.90 Å². The van der Waals surface area contributed by atoms with Crippen LogP contribution in [0.5, 0.6) is 0 Å². The van der Waals surface area contributed by atoms with Gasteiger partial charge in [-0.25, -0.2) is 8.42 Å². The largest absolute Gasteiger partial charge is 0.370 e.